The number of carboxylic acids is 1. The zero-order chi connectivity index (χ0) is 30.4. The van der Waals surface area contributed by atoms with E-state index in [1.54, 1.807) is 36.4 Å². The summed E-state index contributed by atoms with van der Waals surface area (Å²) in [5.41, 5.74) is 1.19. The van der Waals surface area contributed by atoms with Gasteiger partial charge in [-0.1, -0.05) is 53.9 Å². The standard InChI is InChI=1S/C28H29Cl2N5O6S/c1-34(23-7-3-4-8-24(23)42(40,41)35-13-5-2-6-14-35)28(39)33-22(27(37)38)15-18-9-11-19(12-10-18)32-26(36)25-20(29)16-31-17-21(25)30/h3-4,7-12,16-17,22H,2,5-6,13-15H2,1H3,(H,32,36)(H,33,39)(H,37,38)/t22-/m0/s1. The average molecular weight is 635 g/mol. The molecular weight excluding hydrogens is 605 g/mol. The third-order valence-electron chi connectivity index (χ3n) is 6.79. The van der Waals surface area contributed by atoms with Crippen molar-refractivity contribution < 1.29 is 27.9 Å². The van der Waals surface area contributed by atoms with Gasteiger partial charge in [0.25, 0.3) is 5.91 Å². The zero-order valence-electron chi connectivity index (χ0n) is 22.6. The van der Waals surface area contributed by atoms with Gasteiger partial charge in [0.15, 0.2) is 0 Å². The minimum absolute atomic E-state index is 0.0246. The number of rotatable bonds is 9. The number of aromatic nitrogens is 1. The molecule has 3 aromatic rings. The van der Waals surface area contributed by atoms with Crippen molar-refractivity contribution in [2.75, 3.05) is 30.4 Å². The van der Waals surface area contributed by atoms with Crippen LogP contribution in [0.2, 0.25) is 10.0 Å². The monoisotopic (exact) mass is 633 g/mol. The summed E-state index contributed by atoms with van der Waals surface area (Å²) in [5.74, 6) is -1.81. The molecule has 1 aliphatic heterocycles. The van der Waals surface area contributed by atoms with Crippen molar-refractivity contribution in [2.45, 2.75) is 36.6 Å². The van der Waals surface area contributed by atoms with Gasteiger partial charge in [-0.2, -0.15) is 4.31 Å². The van der Waals surface area contributed by atoms with Gasteiger partial charge in [-0.3, -0.25) is 14.7 Å². The number of hydrogen-bond donors (Lipinski definition) is 3. The third kappa shape index (κ3) is 7.19. The number of nitrogens with zero attached hydrogens (tertiary/aromatic N) is 3. The Balaban J connectivity index is 1.44. The molecule has 0 aliphatic carbocycles. The Morgan fingerprint density at radius 1 is 1.00 bits per heavy atom. The van der Waals surface area contributed by atoms with Gasteiger partial charge in [0.2, 0.25) is 10.0 Å². The minimum atomic E-state index is -3.85. The van der Waals surface area contributed by atoms with Crippen LogP contribution >= 0.6 is 23.2 Å². The molecule has 3 N–H and O–H groups in total. The second-order valence-corrected chi connectivity index (χ2v) is 12.4. The maximum Gasteiger partial charge on any atom is 0.326 e. The molecule has 0 bridgehead atoms. The Hall–Kier alpha value is -3.71. The Bertz CT molecular complexity index is 1560. The number of sulfonamides is 1. The van der Waals surface area contributed by atoms with E-state index in [-0.39, 0.29) is 32.6 Å². The molecule has 2 aromatic carbocycles. The fraction of sp³-hybridized carbons (Fsp3) is 0.286. The fourth-order valence-corrected chi connectivity index (χ4v) is 6.81. The number of halogens is 2. The molecule has 4 rings (SSSR count). The molecule has 0 saturated carbocycles. The quantitative estimate of drug-likeness (QED) is 0.310. The van der Waals surface area contributed by atoms with Crippen molar-refractivity contribution in [2.24, 2.45) is 0 Å². The van der Waals surface area contributed by atoms with E-state index in [1.165, 1.54) is 35.9 Å². The van der Waals surface area contributed by atoms with Crippen LogP contribution in [0.1, 0.15) is 35.2 Å². The second kappa shape index (κ2) is 13.5. The number of anilines is 2. The van der Waals surface area contributed by atoms with Crippen LogP contribution in [0.15, 0.2) is 65.8 Å². The lowest BCUT2D eigenvalue weighted by Crippen LogP contribution is -2.48. The van der Waals surface area contributed by atoms with E-state index in [1.807, 2.05) is 0 Å². The van der Waals surface area contributed by atoms with Crippen LogP contribution in [0.4, 0.5) is 16.2 Å². The Morgan fingerprint density at radius 2 is 1.62 bits per heavy atom. The lowest BCUT2D eigenvalue weighted by atomic mass is 10.1. The number of carboxylic acid groups (broad SMARTS) is 1. The van der Waals surface area contributed by atoms with Gasteiger partial charge in [0.05, 0.1) is 21.3 Å². The van der Waals surface area contributed by atoms with Gasteiger partial charge in [-0.05, 0) is 42.7 Å². The number of nitrogens with one attached hydrogen (secondary N) is 2. The number of benzene rings is 2. The first-order chi connectivity index (χ1) is 20.0. The number of piperidine rings is 1. The van der Waals surface area contributed by atoms with Crippen molar-refractivity contribution >= 4 is 62.5 Å². The molecule has 1 aliphatic rings. The van der Waals surface area contributed by atoms with Gasteiger partial charge in [0.1, 0.15) is 10.9 Å². The summed E-state index contributed by atoms with van der Waals surface area (Å²) in [6.07, 6.45) is 5.01. The number of carbonyl (C=O) groups is 3. The number of aliphatic carboxylic acids is 1. The molecule has 14 heteroatoms. The van der Waals surface area contributed by atoms with E-state index in [9.17, 15) is 27.9 Å². The molecule has 0 radical (unpaired) electrons. The summed E-state index contributed by atoms with van der Waals surface area (Å²) in [5, 5.41) is 15.1. The number of urea groups is 1. The number of amides is 3. The van der Waals surface area contributed by atoms with Crippen LogP contribution in [-0.2, 0) is 21.2 Å². The summed E-state index contributed by atoms with van der Waals surface area (Å²) in [7, 11) is -2.47. The number of hydrogen-bond acceptors (Lipinski definition) is 6. The summed E-state index contributed by atoms with van der Waals surface area (Å²) in [6.45, 7) is 0.808. The molecule has 1 fully saturated rings. The maximum atomic E-state index is 13.3. The molecule has 0 unspecified atom stereocenters. The Morgan fingerprint density at radius 3 is 2.24 bits per heavy atom. The topological polar surface area (TPSA) is 149 Å². The highest BCUT2D eigenvalue weighted by Gasteiger charge is 2.31. The van der Waals surface area contributed by atoms with Crippen LogP contribution in [0.3, 0.4) is 0 Å². The fourth-order valence-electron chi connectivity index (χ4n) is 4.53. The summed E-state index contributed by atoms with van der Waals surface area (Å²) >= 11 is 12.1. The highest BCUT2D eigenvalue weighted by atomic mass is 35.5. The van der Waals surface area contributed by atoms with Crippen molar-refractivity contribution in [1.29, 1.82) is 0 Å². The average Bonchev–Trinajstić information content (AvgIpc) is 2.97. The van der Waals surface area contributed by atoms with E-state index < -0.39 is 34.0 Å². The predicted octanol–water partition coefficient (Wildman–Crippen LogP) is 4.66. The lowest BCUT2D eigenvalue weighted by Gasteiger charge is -2.28. The third-order valence-corrected chi connectivity index (χ3v) is 9.31. The molecule has 222 valence electrons. The van der Waals surface area contributed by atoms with Crippen LogP contribution in [0.25, 0.3) is 0 Å². The molecule has 0 spiro atoms. The van der Waals surface area contributed by atoms with Gasteiger partial charge < -0.3 is 15.7 Å². The first kappa shape index (κ1) is 31.2. The largest absolute Gasteiger partial charge is 0.480 e. The van der Waals surface area contributed by atoms with Crippen LogP contribution in [-0.4, -0.2) is 66.9 Å². The first-order valence-corrected chi connectivity index (χ1v) is 15.2. The number of para-hydroxylation sites is 1. The predicted molar refractivity (Wildman–Crippen MR) is 160 cm³/mol. The van der Waals surface area contributed by atoms with E-state index in [2.05, 4.69) is 15.6 Å². The summed E-state index contributed by atoms with van der Waals surface area (Å²) in [6, 6.07) is 10.4. The lowest BCUT2D eigenvalue weighted by molar-refractivity contribution is -0.139. The highest BCUT2D eigenvalue weighted by Crippen LogP contribution is 2.29. The molecule has 1 atom stereocenters. The van der Waals surface area contributed by atoms with Crippen molar-refractivity contribution in [3.05, 3.63) is 82.1 Å². The zero-order valence-corrected chi connectivity index (χ0v) is 24.9. The number of carbonyl (C=O) groups excluding carboxylic acids is 2. The van der Waals surface area contributed by atoms with Crippen LogP contribution < -0.4 is 15.5 Å². The Labute approximate surface area is 253 Å². The first-order valence-electron chi connectivity index (χ1n) is 13.0. The van der Waals surface area contributed by atoms with E-state index in [0.29, 0.717) is 24.3 Å². The van der Waals surface area contributed by atoms with Gasteiger partial charge in [-0.25, -0.2) is 18.0 Å². The molecule has 3 amide bonds. The summed E-state index contributed by atoms with van der Waals surface area (Å²) < 4.78 is 28.1. The molecule has 42 heavy (non-hydrogen) atoms. The summed E-state index contributed by atoms with van der Waals surface area (Å²) in [4.78, 5) is 42.7. The van der Waals surface area contributed by atoms with Crippen molar-refractivity contribution in [1.82, 2.24) is 14.6 Å². The molecule has 11 nitrogen and oxygen atoms in total. The maximum absolute atomic E-state index is 13.3. The van der Waals surface area contributed by atoms with Gasteiger partial charge in [0, 0.05) is 44.6 Å². The number of pyridine rings is 1. The normalized spacial score (nSPS) is 14.5. The Kier molecular flexibility index (Phi) is 10.0. The SMILES string of the molecule is CN(C(=O)N[C@@H](Cc1ccc(NC(=O)c2c(Cl)cncc2Cl)cc1)C(=O)O)c1ccccc1S(=O)(=O)N1CCCCC1. The van der Waals surface area contributed by atoms with E-state index >= 15 is 0 Å². The highest BCUT2D eigenvalue weighted by molar-refractivity contribution is 7.89. The molecule has 1 saturated heterocycles. The van der Waals surface area contributed by atoms with E-state index in [4.69, 9.17) is 23.2 Å². The smallest absolute Gasteiger partial charge is 0.326 e. The van der Waals surface area contributed by atoms with Crippen LogP contribution in [0, 0.1) is 0 Å². The van der Waals surface area contributed by atoms with Crippen molar-refractivity contribution in [3.63, 3.8) is 0 Å². The molecule has 2 heterocycles. The second-order valence-electron chi connectivity index (χ2n) is 9.67. The van der Waals surface area contributed by atoms with E-state index in [0.717, 1.165) is 24.2 Å². The molecular formula is C28H29Cl2N5O6S. The minimum Gasteiger partial charge on any atom is -0.480 e. The van der Waals surface area contributed by atoms with Crippen LogP contribution in [0.5, 0.6) is 0 Å². The molecule has 1 aromatic heterocycles. The van der Waals surface area contributed by atoms with Crippen molar-refractivity contribution in [3.8, 4) is 0 Å². The van der Waals surface area contributed by atoms with Gasteiger partial charge >= 0.3 is 12.0 Å². The van der Waals surface area contributed by atoms with Gasteiger partial charge in [-0.15, -0.1) is 0 Å².